The molecule has 3 heteroatoms. The van der Waals surface area contributed by atoms with Gasteiger partial charge in [-0.15, -0.1) is 0 Å². The molecule has 3 rings (SSSR count). The fourth-order valence-electron chi connectivity index (χ4n) is 4.39. The van der Waals surface area contributed by atoms with Crippen LogP contribution in [-0.2, 0) is 4.74 Å². The fraction of sp³-hybridized carbons (Fsp3) is 1.00. The van der Waals surface area contributed by atoms with Gasteiger partial charge in [0, 0.05) is 18.6 Å². The third-order valence-corrected chi connectivity index (χ3v) is 5.58. The van der Waals surface area contributed by atoms with Gasteiger partial charge in [0.05, 0.1) is 12.7 Å². The van der Waals surface area contributed by atoms with Gasteiger partial charge >= 0.3 is 0 Å². The summed E-state index contributed by atoms with van der Waals surface area (Å²) in [5.74, 6) is 0.948. The predicted molar refractivity (Wildman–Crippen MR) is 83.0 cm³/mol. The SMILES string of the molecule is CCCNC(CC1CCCC1)C1CN2CCCC2CO1. The van der Waals surface area contributed by atoms with Gasteiger partial charge in [0.2, 0.25) is 0 Å². The van der Waals surface area contributed by atoms with Gasteiger partial charge in [-0.1, -0.05) is 32.6 Å². The quantitative estimate of drug-likeness (QED) is 0.810. The van der Waals surface area contributed by atoms with Crippen LogP contribution in [-0.4, -0.2) is 49.3 Å². The summed E-state index contributed by atoms with van der Waals surface area (Å²) < 4.78 is 6.26. The molecule has 0 aromatic carbocycles. The first-order valence-corrected chi connectivity index (χ1v) is 8.96. The van der Waals surface area contributed by atoms with E-state index >= 15 is 0 Å². The minimum absolute atomic E-state index is 0.427. The summed E-state index contributed by atoms with van der Waals surface area (Å²) in [6.07, 6.45) is 11.5. The molecule has 1 aliphatic carbocycles. The molecule has 3 fully saturated rings. The monoisotopic (exact) mass is 280 g/mol. The lowest BCUT2D eigenvalue weighted by atomic mass is 9.93. The highest BCUT2D eigenvalue weighted by Crippen LogP contribution is 2.31. The highest BCUT2D eigenvalue weighted by Gasteiger charge is 2.36. The molecule has 0 aromatic heterocycles. The van der Waals surface area contributed by atoms with Crippen molar-refractivity contribution in [1.29, 1.82) is 0 Å². The zero-order chi connectivity index (χ0) is 13.8. The number of ether oxygens (including phenoxy) is 1. The molecular formula is C17H32N2O. The Hall–Kier alpha value is -0.120. The third kappa shape index (κ3) is 3.55. The van der Waals surface area contributed by atoms with Crippen molar-refractivity contribution in [2.75, 3.05) is 26.2 Å². The highest BCUT2D eigenvalue weighted by atomic mass is 16.5. The van der Waals surface area contributed by atoms with Crippen LogP contribution in [0.3, 0.4) is 0 Å². The van der Waals surface area contributed by atoms with Crippen molar-refractivity contribution in [3.8, 4) is 0 Å². The summed E-state index contributed by atoms with van der Waals surface area (Å²) in [7, 11) is 0. The van der Waals surface area contributed by atoms with Crippen LogP contribution in [0.15, 0.2) is 0 Å². The Balaban J connectivity index is 1.55. The normalized spacial score (nSPS) is 33.5. The molecule has 0 aromatic rings. The van der Waals surface area contributed by atoms with Gasteiger partial charge in [-0.3, -0.25) is 4.90 Å². The zero-order valence-corrected chi connectivity index (χ0v) is 13.2. The maximum atomic E-state index is 6.26. The van der Waals surface area contributed by atoms with Gasteiger partial charge in [-0.05, 0) is 44.7 Å². The van der Waals surface area contributed by atoms with E-state index in [0.29, 0.717) is 12.1 Å². The molecule has 2 heterocycles. The number of nitrogens with one attached hydrogen (secondary N) is 1. The van der Waals surface area contributed by atoms with Gasteiger partial charge in [0.15, 0.2) is 0 Å². The van der Waals surface area contributed by atoms with Crippen LogP contribution in [0.5, 0.6) is 0 Å². The second-order valence-corrected chi connectivity index (χ2v) is 7.11. The first kappa shape index (κ1) is 14.8. The maximum absolute atomic E-state index is 6.26. The van der Waals surface area contributed by atoms with E-state index in [9.17, 15) is 0 Å². The smallest absolute Gasteiger partial charge is 0.0855 e. The first-order chi connectivity index (χ1) is 9.86. The summed E-state index contributed by atoms with van der Waals surface area (Å²) in [6, 6.07) is 1.31. The van der Waals surface area contributed by atoms with E-state index in [1.165, 1.54) is 64.5 Å². The molecule has 3 nitrogen and oxygen atoms in total. The number of hydrogen-bond acceptors (Lipinski definition) is 3. The van der Waals surface area contributed by atoms with E-state index in [4.69, 9.17) is 4.74 Å². The van der Waals surface area contributed by atoms with Crippen molar-refractivity contribution in [2.24, 2.45) is 5.92 Å². The van der Waals surface area contributed by atoms with Crippen molar-refractivity contribution in [3.05, 3.63) is 0 Å². The molecule has 116 valence electrons. The number of morpholine rings is 1. The van der Waals surface area contributed by atoms with Gasteiger partial charge < -0.3 is 10.1 Å². The largest absolute Gasteiger partial charge is 0.374 e. The lowest BCUT2D eigenvalue weighted by molar-refractivity contribution is -0.0675. The van der Waals surface area contributed by atoms with E-state index in [0.717, 1.165) is 25.1 Å². The molecule has 3 unspecified atom stereocenters. The van der Waals surface area contributed by atoms with Crippen molar-refractivity contribution < 1.29 is 4.74 Å². The van der Waals surface area contributed by atoms with Crippen molar-refractivity contribution in [1.82, 2.24) is 10.2 Å². The fourth-order valence-corrected chi connectivity index (χ4v) is 4.39. The molecule has 3 aliphatic rings. The summed E-state index contributed by atoms with van der Waals surface area (Å²) in [4.78, 5) is 2.68. The molecule has 0 amide bonds. The highest BCUT2D eigenvalue weighted by molar-refractivity contribution is 4.91. The molecule has 1 saturated carbocycles. The van der Waals surface area contributed by atoms with E-state index in [1.807, 2.05) is 0 Å². The Kier molecular flexibility index (Phi) is 5.36. The number of rotatable bonds is 6. The van der Waals surface area contributed by atoms with Crippen LogP contribution in [0.1, 0.15) is 58.3 Å². The molecule has 0 radical (unpaired) electrons. The summed E-state index contributed by atoms with van der Waals surface area (Å²) in [5, 5.41) is 3.79. The Morgan fingerprint density at radius 1 is 1.20 bits per heavy atom. The first-order valence-electron chi connectivity index (χ1n) is 8.96. The molecule has 1 N–H and O–H groups in total. The maximum Gasteiger partial charge on any atom is 0.0855 e. The second kappa shape index (κ2) is 7.24. The number of nitrogens with zero attached hydrogens (tertiary/aromatic N) is 1. The van der Waals surface area contributed by atoms with E-state index in [-0.39, 0.29) is 0 Å². The van der Waals surface area contributed by atoms with Gasteiger partial charge in [-0.2, -0.15) is 0 Å². The standard InChI is InChI=1S/C17H32N2O/c1-2-9-18-16(11-14-6-3-4-7-14)17-12-19-10-5-8-15(19)13-20-17/h14-18H,2-13H2,1H3. The summed E-state index contributed by atoms with van der Waals surface area (Å²) >= 11 is 0. The van der Waals surface area contributed by atoms with Crippen molar-refractivity contribution in [3.63, 3.8) is 0 Å². The molecule has 3 atom stereocenters. The molecule has 0 bridgehead atoms. The summed E-state index contributed by atoms with van der Waals surface area (Å²) in [6.45, 7) is 6.84. The minimum Gasteiger partial charge on any atom is -0.374 e. The van der Waals surface area contributed by atoms with E-state index in [1.54, 1.807) is 0 Å². The van der Waals surface area contributed by atoms with Crippen molar-refractivity contribution in [2.45, 2.75) is 76.5 Å². The molecule has 2 aliphatic heterocycles. The predicted octanol–water partition coefficient (Wildman–Crippen LogP) is 2.80. The molecule has 2 saturated heterocycles. The Bertz CT molecular complexity index is 291. The van der Waals surface area contributed by atoms with Gasteiger partial charge in [0.25, 0.3) is 0 Å². The second-order valence-electron chi connectivity index (χ2n) is 7.11. The van der Waals surface area contributed by atoms with Crippen LogP contribution >= 0.6 is 0 Å². The molecular weight excluding hydrogens is 248 g/mol. The van der Waals surface area contributed by atoms with Crippen molar-refractivity contribution >= 4 is 0 Å². The molecule has 0 spiro atoms. The van der Waals surface area contributed by atoms with Gasteiger partial charge in [-0.25, -0.2) is 0 Å². The number of hydrogen-bond donors (Lipinski definition) is 1. The lowest BCUT2D eigenvalue weighted by Crippen LogP contribution is -2.54. The van der Waals surface area contributed by atoms with Crippen LogP contribution in [0.2, 0.25) is 0 Å². The summed E-state index contributed by atoms with van der Waals surface area (Å²) in [5.41, 5.74) is 0. The Morgan fingerprint density at radius 2 is 2.05 bits per heavy atom. The van der Waals surface area contributed by atoms with Crippen LogP contribution < -0.4 is 5.32 Å². The molecule has 20 heavy (non-hydrogen) atoms. The lowest BCUT2D eigenvalue weighted by Gasteiger charge is -2.40. The van der Waals surface area contributed by atoms with E-state index in [2.05, 4.69) is 17.1 Å². The Morgan fingerprint density at radius 3 is 2.85 bits per heavy atom. The number of fused-ring (bicyclic) bond motifs is 1. The van der Waals surface area contributed by atoms with Gasteiger partial charge in [0.1, 0.15) is 0 Å². The zero-order valence-electron chi connectivity index (χ0n) is 13.2. The topological polar surface area (TPSA) is 24.5 Å². The minimum atomic E-state index is 0.427. The van der Waals surface area contributed by atoms with E-state index < -0.39 is 0 Å². The van der Waals surface area contributed by atoms with Crippen LogP contribution in [0.25, 0.3) is 0 Å². The Labute approximate surface area is 124 Å². The average Bonchev–Trinajstić information content (AvgIpc) is 3.13. The van der Waals surface area contributed by atoms with Crippen LogP contribution in [0.4, 0.5) is 0 Å². The average molecular weight is 280 g/mol. The van der Waals surface area contributed by atoms with Crippen LogP contribution in [0, 0.1) is 5.92 Å². The third-order valence-electron chi connectivity index (χ3n) is 5.58.